The Labute approximate surface area is 135 Å². The van der Waals surface area contributed by atoms with E-state index in [1.807, 2.05) is 42.5 Å². The predicted molar refractivity (Wildman–Crippen MR) is 86.1 cm³/mol. The van der Waals surface area contributed by atoms with Crippen LogP contribution in [0.4, 0.5) is 0 Å². The van der Waals surface area contributed by atoms with E-state index in [1.165, 1.54) is 0 Å². The summed E-state index contributed by atoms with van der Waals surface area (Å²) in [6.45, 7) is 0.407. The standard InChI is InChI=1S/C18H20N2O3/c21-12-13(9-15-6-3-4-8-19-15)11-20-18(22)17-10-14-5-1-2-7-16(14)23-17/h1-8,13,17,21H,9-12H2,(H,20,22). The lowest BCUT2D eigenvalue weighted by molar-refractivity contribution is -0.127. The fourth-order valence-electron chi connectivity index (χ4n) is 2.70. The SMILES string of the molecule is O=C(NCC(CO)Cc1ccccn1)C1Cc2ccccc2O1. The Kier molecular flexibility index (Phi) is 4.88. The maximum absolute atomic E-state index is 12.3. The zero-order valence-corrected chi connectivity index (χ0v) is 12.8. The van der Waals surface area contributed by atoms with Crippen LogP contribution >= 0.6 is 0 Å². The average molecular weight is 312 g/mol. The van der Waals surface area contributed by atoms with Crippen molar-refractivity contribution < 1.29 is 14.6 Å². The summed E-state index contributed by atoms with van der Waals surface area (Å²) in [6, 6.07) is 13.4. The quantitative estimate of drug-likeness (QED) is 0.845. The van der Waals surface area contributed by atoms with E-state index in [-0.39, 0.29) is 18.4 Å². The van der Waals surface area contributed by atoms with Crippen molar-refractivity contribution in [2.45, 2.75) is 18.9 Å². The number of nitrogens with zero attached hydrogens (tertiary/aromatic N) is 1. The molecular formula is C18H20N2O3. The third kappa shape index (κ3) is 3.87. The van der Waals surface area contributed by atoms with Gasteiger partial charge in [-0.15, -0.1) is 0 Å². The van der Waals surface area contributed by atoms with Gasteiger partial charge in [0.05, 0.1) is 0 Å². The molecule has 3 rings (SSSR count). The Bertz CT molecular complexity index is 635. The van der Waals surface area contributed by atoms with Gasteiger partial charge >= 0.3 is 0 Å². The third-order valence-corrected chi connectivity index (χ3v) is 3.99. The molecule has 2 aromatic rings. The number of amides is 1. The van der Waals surface area contributed by atoms with Crippen molar-refractivity contribution >= 4 is 5.91 Å². The van der Waals surface area contributed by atoms with Gasteiger partial charge in [-0.2, -0.15) is 0 Å². The summed E-state index contributed by atoms with van der Waals surface area (Å²) < 4.78 is 5.67. The number of benzene rings is 1. The topological polar surface area (TPSA) is 71.5 Å². The number of rotatable bonds is 6. The molecule has 1 aromatic heterocycles. The number of nitrogens with one attached hydrogen (secondary N) is 1. The maximum Gasteiger partial charge on any atom is 0.261 e. The van der Waals surface area contributed by atoms with Crippen molar-refractivity contribution in [1.29, 1.82) is 0 Å². The number of para-hydroxylation sites is 1. The van der Waals surface area contributed by atoms with Crippen molar-refractivity contribution in [2.24, 2.45) is 5.92 Å². The van der Waals surface area contributed by atoms with Crippen LogP contribution in [0.3, 0.4) is 0 Å². The van der Waals surface area contributed by atoms with Crippen LogP contribution in [-0.2, 0) is 17.6 Å². The minimum Gasteiger partial charge on any atom is -0.480 e. The van der Waals surface area contributed by atoms with E-state index >= 15 is 0 Å². The summed E-state index contributed by atoms with van der Waals surface area (Å²) in [5.41, 5.74) is 1.96. The van der Waals surface area contributed by atoms with Crippen molar-refractivity contribution in [3.05, 3.63) is 59.9 Å². The fourth-order valence-corrected chi connectivity index (χ4v) is 2.70. The number of carbonyl (C=O) groups is 1. The second-order valence-corrected chi connectivity index (χ2v) is 5.74. The number of hydrogen-bond donors (Lipinski definition) is 2. The smallest absolute Gasteiger partial charge is 0.261 e. The van der Waals surface area contributed by atoms with E-state index < -0.39 is 6.10 Å². The second kappa shape index (κ2) is 7.24. The Balaban J connectivity index is 1.50. The molecule has 0 spiro atoms. The van der Waals surface area contributed by atoms with Crippen molar-refractivity contribution in [2.75, 3.05) is 13.2 Å². The Morgan fingerprint density at radius 2 is 2.13 bits per heavy atom. The molecule has 5 heteroatoms. The highest BCUT2D eigenvalue weighted by Gasteiger charge is 2.28. The van der Waals surface area contributed by atoms with Gasteiger partial charge in [-0.3, -0.25) is 9.78 Å². The summed E-state index contributed by atoms with van der Waals surface area (Å²) in [5.74, 6) is 0.582. The van der Waals surface area contributed by atoms with Gasteiger partial charge in [-0.25, -0.2) is 0 Å². The summed E-state index contributed by atoms with van der Waals surface area (Å²) in [4.78, 5) is 16.5. The van der Waals surface area contributed by atoms with E-state index in [9.17, 15) is 9.90 Å². The van der Waals surface area contributed by atoms with Crippen LogP contribution < -0.4 is 10.1 Å². The fraction of sp³-hybridized carbons (Fsp3) is 0.333. The summed E-state index contributed by atoms with van der Waals surface area (Å²) in [5, 5.41) is 12.4. The van der Waals surface area contributed by atoms with Gasteiger partial charge in [0.15, 0.2) is 6.10 Å². The minimum atomic E-state index is -0.485. The van der Waals surface area contributed by atoms with E-state index in [1.54, 1.807) is 6.20 Å². The molecule has 1 amide bonds. The molecule has 23 heavy (non-hydrogen) atoms. The molecule has 0 fully saturated rings. The van der Waals surface area contributed by atoms with Gasteiger partial charge in [-0.1, -0.05) is 24.3 Å². The van der Waals surface area contributed by atoms with E-state index in [4.69, 9.17) is 4.74 Å². The molecule has 0 saturated heterocycles. The molecule has 1 aliphatic rings. The molecule has 120 valence electrons. The van der Waals surface area contributed by atoms with E-state index in [2.05, 4.69) is 10.3 Å². The van der Waals surface area contributed by atoms with Crippen molar-refractivity contribution in [1.82, 2.24) is 10.3 Å². The zero-order chi connectivity index (χ0) is 16.1. The first kappa shape index (κ1) is 15.5. The predicted octanol–water partition coefficient (Wildman–Crippen LogP) is 1.35. The Morgan fingerprint density at radius 1 is 1.30 bits per heavy atom. The number of hydrogen-bond acceptors (Lipinski definition) is 4. The van der Waals surface area contributed by atoms with Gasteiger partial charge < -0.3 is 15.2 Å². The lowest BCUT2D eigenvalue weighted by atomic mass is 10.0. The van der Waals surface area contributed by atoms with E-state index in [0.717, 1.165) is 17.0 Å². The van der Waals surface area contributed by atoms with Gasteiger partial charge in [0.2, 0.25) is 0 Å². The number of carbonyl (C=O) groups excluding carboxylic acids is 1. The van der Waals surface area contributed by atoms with Crippen LogP contribution in [-0.4, -0.2) is 35.3 Å². The highest BCUT2D eigenvalue weighted by atomic mass is 16.5. The average Bonchev–Trinajstić information content (AvgIpc) is 3.03. The highest BCUT2D eigenvalue weighted by Crippen LogP contribution is 2.28. The second-order valence-electron chi connectivity index (χ2n) is 5.74. The van der Waals surface area contributed by atoms with Crippen molar-refractivity contribution in [3.8, 4) is 5.75 Å². The lowest BCUT2D eigenvalue weighted by Gasteiger charge is -2.16. The third-order valence-electron chi connectivity index (χ3n) is 3.99. The Hall–Kier alpha value is -2.40. The summed E-state index contributed by atoms with van der Waals surface area (Å²) in [6.07, 6.45) is 2.46. The molecular weight excluding hydrogens is 292 g/mol. The summed E-state index contributed by atoms with van der Waals surface area (Å²) >= 11 is 0. The lowest BCUT2D eigenvalue weighted by Crippen LogP contribution is -2.40. The van der Waals surface area contributed by atoms with Gasteiger partial charge in [-0.05, 0) is 30.2 Å². The van der Waals surface area contributed by atoms with Gasteiger partial charge in [0, 0.05) is 37.4 Å². The summed E-state index contributed by atoms with van der Waals surface area (Å²) in [7, 11) is 0. The van der Waals surface area contributed by atoms with Crippen LogP contribution in [0.15, 0.2) is 48.7 Å². The normalized spacial score (nSPS) is 17.2. The van der Waals surface area contributed by atoms with Gasteiger partial charge in [0.1, 0.15) is 5.75 Å². The first-order valence-electron chi connectivity index (χ1n) is 7.79. The first-order valence-corrected chi connectivity index (χ1v) is 7.79. The number of aliphatic hydroxyl groups is 1. The first-order chi connectivity index (χ1) is 11.3. The number of ether oxygens (including phenoxy) is 1. The number of aliphatic hydroxyl groups excluding tert-OH is 1. The largest absolute Gasteiger partial charge is 0.480 e. The number of fused-ring (bicyclic) bond motifs is 1. The molecule has 2 unspecified atom stereocenters. The van der Waals surface area contributed by atoms with E-state index in [0.29, 0.717) is 19.4 Å². The van der Waals surface area contributed by atoms with Crippen LogP contribution in [0, 0.1) is 5.92 Å². The van der Waals surface area contributed by atoms with Crippen LogP contribution in [0.25, 0.3) is 0 Å². The van der Waals surface area contributed by atoms with Crippen LogP contribution in [0.5, 0.6) is 5.75 Å². The molecule has 1 aliphatic heterocycles. The molecule has 2 N–H and O–H groups in total. The van der Waals surface area contributed by atoms with Crippen LogP contribution in [0.1, 0.15) is 11.3 Å². The molecule has 0 bridgehead atoms. The monoisotopic (exact) mass is 312 g/mol. The molecule has 1 aromatic carbocycles. The minimum absolute atomic E-state index is 0.00258. The van der Waals surface area contributed by atoms with Crippen LogP contribution in [0.2, 0.25) is 0 Å². The molecule has 5 nitrogen and oxygen atoms in total. The number of aromatic nitrogens is 1. The molecule has 0 radical (unpaired) electrons. The van der Waals surface area contributed by atoms with Gasteiger partial charge in [0.25, 0.3) is 5.91 Å². The molecule has 2 atom stereocenters. The maximum atomic E-state index is 12.3. The molecule has 2 heterocycles. The molecule has 0 aliphatic carbocycles. The zero-order valence-electron chi connectivity index (χ0n) is 12.8. The molecule has 0 saturated carbocycles. The van der Waals surface area contributed by atoms with Crippen molar-refractivity contribution in [3.63, 3.8) is 0 Å². The highest BCUT2D eigenvalue weighted by molar-refractivity contribution is 5.82. The number of pyridine rings is 1. The Morgan fingerprint density at radius 3 is 2.87 bits per heavy atom.